The summed E-state index contributed by atoms with van der Waals surface area (Å²) < 4.78 is 0. The number of carbonyl (C=O) groups is 1. The van der Waals surface area contributed by atoms with Crippen molar-refractivity contribution in [2.75, 3.05) is 26.2 Å². The van der Waals surface area contributed by atoms with Crippen LogP contribution in [0.5, 0.6) is 0 Å². The van der Waals surface area contributed by atoms with Gasteiger partial charge in [-0.25, -0.2) is 0 Å². The lowest BCUT2D eigenvalue weighted by Crippen LogP contribution is -2.52. The lowest BCUT2D eigenvalue weighted by Gasteiger charge is -2.39. The van der Waals surface area contributed by atoms with Crippen LogP contribution in [-0.2, 0) is 4.79 Å². The fraction of sp³-hybridized carbons (Fsp3) is 0.533. The zero-order chi connectivity index (χ0) is 15.6. The molecular formula is C15H20Cl2N2O2. The van der Waals surface area contributed by atoms with Gasteiger partial charge in [-0.2, -0.15) is 0 Å². The highest BCUT2D eigenvalue weighted by Crippen LogP contribution is 2.30. The molecule has 0 radical (unpaired) electrons. The number of halogens is 2. The van der Waals surface area contributed by atoms with E-state index in [1.54, 1.807) is 13.0 Å². The van der Waals surface area contributed by atoms with Crippen molar-refractivity contribution in [2.24, 2.45) is 0 Å². The highest BCUT2D eigenvalue weighted by atomic mass is 35.5. The van der Waals surface area contributed by atoms with Crippen LogP contribution in [0.3, 0.4) is 0 Å². The van der Waals surface area contributed by atoms with Crippen LogP contribution >= 0.6 is 23.2 Å². The number of carboxylic acids is 1. The summed E-state index contributed by atoms with van der Waals surface area (Å²) in [7, 11) is 0. The number of hydrogen-bond acceptors (Lipinski definition) is 3. The van der Waals surface area contributed by atoms with Gasteiger partial charge < -0.3 is 5.11 Å². The van der Waals surface area contributed by atoms with Gasteiger partial charge in [-0.15, -0.1) is 0 Å². The van der Waals surface area contributed by atoms with Crippen LogP contribution in [-0.4, -0.2) is 53.1 Å². The molecule has 0 saturated carbocycles. The van der Waals surface area contributed by atoms with Crippen LogP contribution in [0.1, 0.15) is 25.5 Å². The predicted octanol–water partition coefficient (Wildman–Crippen LogP) is 3.15. The zero-order valence-electron chi connectivity index (χ0n) is 12.2. The normalized spacial score (nSPS) is 20.2. The van der Waals surface area contributed by atoms with Crippen LogP contribution in [0, 0.1) is 0 Å². The molecule has 1 aliphatic rings. The van der Waals surface area contributed by atoms with Crippen molar-refractivity contribution in [3.63, 3.8) is 0 Å². The molecule has 1 saturated heterocycles. The van der Waals surface area contributed by atoms with E-state index < -0.39 is 12.0 Å². The van der Waals surface area contributed by atoms with Crippen molar-refractivity contribution in [3.05, 3.63) is 33.8 Å². The molecule has 0 aliphatic carbocycles. The molecule has 0 spiro atoms. The van der Waals surface area contributed by atoms with E-state index in [1.807, 2.05) is 17.0 Å². The van der Waals surface area contributed by atoms with E-state index in [1.165, 1.54) is 0 Å². The van der Waals surface area contributed by atoms with Crippen molar-refractivity contribution >= 4 is 29.2 Å². The number of piperazine rings is 1. The number of rotatable bonds is 4. The minimum absolute atomic E-state index is 0.192. The van der Waals surface area contributed by atoms with Crippen molar-refractivity contribution in [1.29, 1.82) is 0 Å². The first-order valence-corrected chi connectivity index (χ1v) is 7.81. The van der Waals surface area contributed by atoms with Crippen molar-refractivity contribution in [1.82, 2.24) is 9.80 Å². The smallest absolute Gasteiger partial charge is 0.320 e. The molecule has 1 fully saturated rings. The topological polar surface area (TPSA) is 43.8 Å². The third kappa shape index (κ3) is 3.89. The van der Waals surface area contributed by atoms with Crippen LogP contribution in [0.25, 0.3) is 0 Å². The molecule has 6 heteroatoms. The van der Waals surface area contributed by atoms with Crippen LogP contribution < -0.4 is 0 Å². The molecule has 2 atom stereocenters. The highest BCUT2D eigenvalue weighted by molar-refractivity contribution is 6.35. The Morgan fingerprint density at radius 2 is 1.71 bits per heavy atom. The number of aliphatic carboxylic acids is 1. The molecule has 1 aromatic rings. The molecule has 0 bridgehead atoms. The fourth-order valence-corrected chi connectivity index (χ4v) is 3.27. The zero-order valence-corrected chi connectivity index (χ0v) is 13.7. The Labute approximate surface area is 135 Å². The summed E-state index contributed by atoms with van der Waals surface area (Å²) in [4.78, 5) is 15.3. The largest absolute Gasteiger partial charge is 0.480 e. The third-order valence-electron chi connectivity index (χ3n) is 4.21. The summed E-state index contributed by atoms with van der Waals surface area (Å²) in [6, 6.07) is 5.33. The van der Waals surface area contributed by atoms with Crippen molar-refractivity contribution < 1.29 is 9.90 Å². The lowest BCUT2D eigenvalue weighted by molar-refractivity contribution is -0.143. The molecule has 1 aliphatic heterocycles. The lowest BCUT2D eigenvalue weighted by atomic mass is 10.1. The second kappa shape index (κ2) is 6.97. The van der Waals surface area contributed by atoms with Gasteiger partial charge >= 0.3 is 5.97 Å². The summed E-state index contributed by atoms with van der Waals surface area (Å²) in [6.07, 6.45) is 0. The number of benzene rings is 1. The van der Waals surface area contributed by atoms with Crippen LogP contribution in [0.4, 0.5) is 0 Å². The fourth-order valence-electron chi connectivity index (χ4n) is 2.71. The Hall–Kier alpha value is -0.810. The van der Waals surface area contributed by atoms with Gasteiger partial charge in [-0.05, 0) is 31.5 Å². The van der Waals surface area contributed by atoms with Gasteiger partial charge in [0.05, 0.1) is 0 Å². The molecular weight excluding hydrogens is 311 g/mol. The highest BCUT2D eigenvalue weighted by Gasteiger charge is 2.28. The Morgan fingerprint density at radius 1 is 1.14 bits per heavy atom. The molecule has 21 heavy (non-hydrogen) atoms. The SMILES string of the molecule is CC(C(=O)O)N1CCN(C(C)c2ccc(Cl)cc2Cl)CC1. The quantitative estimate of drug-likeness (QED) is 0.921. The first kappa shape index (κ1) is 16.6. The Balaban J connectivity index is 2.00. The first-order chi connectivity index (χ1) is 9.90. The molecule has 1 heterocycles. The Kier molecular flexibility index (Phi) is 5.49. The first-order valence-electron chi connectivity index (χ1n) is 7.06. The molecule has 1 N–H and O–H groups in total. The van der Waals surface area contributed by atoms with Crippen molar-refractivity contribution in [3.8, 4) is 0 Å². The second-order valence-electron chi connectivity index (χ2n) is 5.43. The van der Waals surface area contributed by atoms with Gasteiger partial charge in [0.15, 0.2) is 0 Å². The monoisotopic (exact) mass is 330 g/mol. The summed E-state index contributed by atoms with van der Waals surface area (Å²) >= 11 is 12.2. The van der Waals surface area contributed by atoms with E-state index in [0.717, 1.165) is 31.7 Å². The molecule has 0 amide bonds. The van der Waals surface area contributed by atoms with E-state index >= 15 is 0 Å². The van der Waals surface area contributed by atoms with Crippen LogP contribution in [0.2, 0.25) is 10.0 Å². The average molecular weight is 331 g/mol. The minimum Gasteiger partial charge on any atom is -0.480 e. The summed E-state index contributed by atoms with van der Waals surface area (Å²) in [5, 5.41) is 10.4. The van der Waals surface area contributed by atoms with Crippen LogP contribution in [0.15, 0.2) is 18.2 Å². The van der Waals surface area contributed by atoms with Crippen molar-refractivity contribution in [2.45, 2.75) is 25.9 Å². The number of carboxylic acid groups (broad SMARTS) is 1. The Morgan fingerprint density at radius 3 is 2.24 bits per heavy atom. The van der Waals surface area contributed by atoms with Gasteiger partial charge in [0.2, 0.25) is 0 Å². The average Bonchev–Trinajstić information content (AvgIpc) is 2.46. The molecule has 116 valence electrons. The predicted molar refractivity (Wildman–Crippen MR) is 85.1 cm³/mol. The molecule has 1 aromatic carbocycles. The summed E-state index contributed by atoms with van der Waals surface area (Å²) in [6.45, 7) is 7.02. The van der Waals surface area contributed by atoms with E-state index in [0.29, 0.717) is 10.0 Å². The second-order valence-corrected chi connectivity index (χ2v) is 6.27. The van der Waals surface area contributed by atoms with E-state index in [-0.39, 0.29) is 6.04 Å². The van der Waals surface area contributed by atoms with Gasteiger partial charge in [-0.1, -0.05) is 29.3 Å². The molecule has 4 nitrogen and oxygen atoms in total. The molecule has 2 rings (SSSR count). The maximum absolute atomic E-state index is 11.0. The minimum atomic E-state index is -0.766. The summed E-state index contributed by atoms with van der Waals surface area (Å²) in [5.41, 5.74) is 1.06. The summed E-state index contributed by atoms with van der Waals surface area (Å²) in [5.74, 6) is -0.766. The number of hydrogen-bond donors (Lipinski definition) is 1. The van der Waals surface area contributed by atoms with Gasteiger partial charge in [-0.3, -0.25) is 14.6 Å². The maximum atomic E-state index is 11.0. The maximum Gasteiger partial charge on any atom is 0.320 e. The molecule has 0 aromatic heterocycles. The van der Waals surface area contributed by atoms with E-state index in [9.17, 15) is 4.79 Å². The van der Waals surface area contributed by atoms with Gasteiger partial charge in [0, 0.05) is 42.3 Å². The van der Waals surface area contributed by atoms with Gasteiger partial charge in [0.25, 0.3) is 0 Å². The van der Waals surface area contributed by atoms with E-state index in [2.05, 4.69) is 11.8 Å². The standard InChI is InChI=1S/C15H20Cl2N2O2/c1-10(13-4-3-12(16)9-14(13)17)18-5-7-19(8-6-18)11(2)15(20)21/h3-4,9-11H,5-8H2,1-2H3,(H,20,21). The molecule has 2 unspecified atom stereocenters. The van der Waals surface area contributed by atoms with E-state index in [4.69, 9.17) is 28.3 Å². The third-order valence-corrected chi connectivity index (χ3v) is 4.78. The number of nitrogens with zero attached hydrogens (tertiary/aromatic N) is 2. The Bertz CT molecular complexity index is 516. The van der Waals surface area contributed by atoms with Gasteiger partial charge in [0.1, 0.15) is 6.04 Å².